The van der Waals surface area contributed by atoms with Crippen LogP contribution >= 0.6 is 11.3 Å². The molecule has 47 heavy (non-hydrogen) atoms. The number of thiazole rings is 1. The van der Waals surface area contributed by atoms with Gasteiger partial charge in [-0.3, -0.25) is 14.2 Å². The summed E-state index contributed by atoms with van der Waals surface area (Å²) in [5.74, 6) is -0.562. The van der Waals surface area contributed by atoms with Gasteiger partial charge in [0.25, 0.3) is 11.5 Å². The number of nitrogens with zero attached hydrogens (tertiary/aromatic N) is 4. The van der Waals surface area contributed by atoms with Crippen molar-refractivity contribution in [3.8, 4) is 11.4 Å². The van der Waals surface area contributed by atoms with Gasteiger partial charge in [-0.15, -0.1) is 0 Å². The number of aromatic carboxylic acids is 1. The highest BCUT2D eigenvalue weighted by Gasteiger charge is 2.36. The maximum absolute atomic E-state index is 14.5. The smallest absolute Gasteiger partial charge is 0.335 e. The van der Waals surface area contributed by atoms with Crippen molar-refractivity contribution in [3.05, 3.63) is 126 Å². The molecule has 3 heterocycles. The van der Waals surface area contributed by atoms with Crippen molar-refractivity contribution in [2.24, 2.45) is 4.99 Å². The minimum Gasteiger partial charge on any atom is -0.496 e. The average Bonchev–Trinajstić information content (AvgIpc) is 3.53. The summed E-state index contributed by atoms with van der Waals surface area (Å²) in [6, 6.07) is 19.7. The molecule has 0 spiro atoms. The molecular weight excluding hydrogens is 612 g/mol. The first-order valence-electron chi connectivity index (χ1n) is 15.5. The predicted octanol–water partition coefficient (Wildman–Crippen LogP) is 5.37. The van der Waals surface area contributed by atoms with Gasteiger partial charge in [0.05, 0.1) is 28.5 Å². The number of likely N-dealkylation sites (N-methyl/N-ethyl adjacent to an activating group) is 1. The summed E-state index contributed by atoms with van der Waals surface area (Å²) in [7, 11) is 1.60. The van der Waals surface area contributed by atoms with Crippen LogP contribution in [-0.4, -0.2) is 51.2 Å². The van der Waals surface area contributed by atoms with Crippen LogP contribution in [0.5, 0.6) is 5.75 Å². The standard InChI is InChI=1S/C37H36N4O5S/c1-7-39(8-2)35(43)31-22(4)38-37-41(33(31)32-28-12-10-9-11-24(28)15-18-29(32)46-6)34(42)30(47-37)20-26-19-21(3)40(23(26)5)27-16-13-25(14-17-27)36(44)45/h9-20,33H,7-8H2,1-6H3,(H,44,45)/b30-20+/t33-/m0/s1. The van der Waals surface area contributed by atoms with Crippen molar-refractivity contribution in [3.63, 3.8) is 0 Å². The van der Waals surface area contributed by atoms with Crippen LogP contribution in [0.3, 0.4) is 0 Å². The summed E-state index contributed by atoms with van der Waals surface area (Å²) in [5.41, 5.74) is 5.23. The number of benzene rings is 3. The van der Waals surface area contributed by atoms with Gasteiger partial charge in [-0.05, 0) is 93.4 Å². The molecule has 9 nitrogen and oxygen atoms in total. The van der Waals surface area contributed by atoms with Crippen molar-refractivity contribution in [2.45, 2.75) is 40.7 Å². The number of carboxylic acids is 1. The Morgan fingerprint density at radius 3 is 2.38 bits per heavy atom. The molecule has 0 saturated carbocycles. The van der Waals surface area contributed by atoms with E-state index in [9.17, 15) is 19.5 Å². The van der Waals surface area contributed by atoms with Crippen LogP contribution in [0.25, 0.3) is 22.5 Å². The van der Waals surface area contributed by atoms with E-state index in [1.807, 2.05) is 87.7 Å². The van der Waals surface area contributed by atoms with Crippen LogP contribution in [0, 0.1) is 13.8 Å². The molecule has 0 bridgehead atoms. The Balaban J connectivity index is 1.58. The van der Waals surface area contributed by atoms with Gasteiger partial charge in [0.2, 0.25) is 0 Å². The second-order valence-electron chi connectivity index (χ2n) is 11.5. The molecule has 3 aromatic carbocycles. The third kappa shape index (κ3) is 5.38. The number of rotatable bonds is 8. The number of hydrogen-bond donors (Lipinski definition) is 1. The third-order valence-corrected chi connectivity index (χ3v) is 9.84. The minimum atomic E-state index is -0.981. The fourth-order valence-electron chi connectivity index (χ4n) is 6.51. The van der Waals surface area contributed by atoms with Gasteiger partial charge in [0.15, 0.2) is 4.80 Å². The van der Waals surface area contributed by atoms with Crippen molar-refractivity contribution in [1.82, 2.24) is 14.0 Å². The fraction of sp³-hybridized carbons (Fsp3) is 0.243. The summed E-state index contributed by atoms with van der Waals surface area (Å²) in [6.45, 7) is 10.7. The van der Waals surface area contributed by atoms with Crippen molar-refractivity contribution in [2.75, 3.05) is 20.2 Å². The number of amides is 1. The van der Waals surface area contributed by atoms with E-state index >= 15 is 0 Å². The molecule has 0 saturated heterocycles. The second kappa shape index (κ2) is 12.5. The Bertz CT molecular complexity index is 2270. The number of aromatic nitrogens is 2. The maximum Gasteiger partial charge on any atom is 0.335 e. The molecular formula is C37H36N4O5S. The maximum atomic E-state index is 14.5. The van der Waals surface area contributed by atoms with E-state index in [0.717, 1.165) is 39.0 Å². The Hall–Kier alpha value is -5.22. The predicted molar refractivity (Wildman–Crippen MR) is 184 cm³/mol. The fourth-order valence-corrected chi connectivity index (χ4v) is 7.55. The molecule has 0 radical (unpaired) electrons. The number of ether oxygens (including phenoxy) is 1. The van der Waals surface area contributed by atoms with Gasteiger partial charge in [-0.2, -0.15) is 0 Å². The van der Waals surface area contributed by atoms with Gasteiger partial charge >= 0.3 is 5.97 Å². The average molecular weight is 649 g/mol. The topological polar surface area (TPSA) is 106 Å². The van der Waals surface area contributed by atoms with Crippen LogP contribution in [0.1, 0.15) is 59.7 Å². The summed E-state index contributed by atoms with van der Waals surface area (Å²) in [4.78, 5) is 47.2. The minimum absolute atomic E-state index is 0.164. The van der Waals surface area contributed by atoms with Crippen molar-refractivity contribution >= 4 is 40.1 Å². The molecule has 240 valence electrons. The number of fused-ring (bicyclic) bond motifs is 2. The lowest BCUT2D eigenvalue weighted by molar-refractivity contribution is -0.127. The molecule has 1 amide bonds. The molecule has 2 aromatic heterocycles. The first-order valence-corrected chi connectivity index (χ1v) is 16.3. The first kappa shape index (κ1) is 31.7. The van der Waals surface area contributed by atoms with E-state index in [2.05, 4.69) is 0 Å². The third-order valence-electron chi connectivity index (χ3n) is 8.86. The summed E-state index contributed by atoms with van der Waals surface area (Å²) in [5, 5.41) is 11.2. The quantitative estimate of drug-likeness (QED) is 0.244. The van der Waals surface area contributed by atoms with E-state index in [0.29, 0.717) is 39.4 Å². The molecule has 5 aromatic rings. The molecule has 1 N–H and O–H groups in total. The van der Waals surface area contributed by atoms with Crippen LogP contribution in [0.2, 0.25) is 0 Å². The summed E-state index contributed by atoms with van der Waals surface area (Å²) >= 11 is 1.29. The Morgan fingerprint density at radius 1 is 1.02 bits per heavy atom. The van der Waals surface area contributed by atoms with Gasteiger partial charge in [-0.1, -0.05) is 41.7 Å². The number of allylic oxidation sites excluding steroid dienone is 1. The molecule has 0 fully saturated rings. The monoisotopic (exact) mass is 648 g/mol. The zero-order chi connectivity index (χ0) is 33.6. The molecule has 1 aliphatic heterocycles. The number of methoxy groups -OCH3 is 1. The van der Waals surface area contributed by atoms with Gasteiger partial charge in [0, 0.05) is 35.7 Å². The molecule has 0 aliphatic carbocycles. The highest BCUT2D eigenvalue weighted by Crippen LogP contribution is 2.40. The molecule has 0 unspecified atom stereocenters. The lowest BCUT2D eigenvalue weighted by Crippen LogP contribution is -2.43. The SMILES string of the molecule is CCN(CC)C(=O)C1=C(C)N=c2s/c(=C/c3cc(C)n(-c4ccc(C(=O)O)cc4)c3C)c(=O)n2[C@@H]1c1c(OC)ccc2ccccc12. The van der Waals surface area contributed by atoms with Gasteiger partial charge < -0.3 is 19.3 Å². The van der Waals surface area contributed by atoms with E-state index in [1.54, 1.807) is 40.8 Å². The van der Waals surface area contributed by atoms with Crippen LogP contribution < -0.4 is 19.6 Å². The lowest BCUT2D eigenvalue weighted by atomic mass is 9.90. The van der Waals surface area contributed by atoms with Gasteiger partial charge in [-0.25, -0.2) is 9.79 Å². The highest BCUT2D eigenvalue weighted by molar-refractivity contribution is 7.07. The molecule has 10 heteroatoms. The highest BCUT2D eigenvalue weighted by atomic mass is 32.1. The Labute approximate surface area is 276 Å². The summed E-state index contributed by atoms with van der Waals surface area (Å²) < 4.78 is 10.1. The summed E-state index contributed by atoms with van der Waals surface area (Å²) in [6.07, 6.45) is 1.87. The number of carboxylic acid groups (broad SMARTS) is 1. The van der Waals surface area contributed by atoms with Crippen LogP contribution in [-0.2, 0) is 4.79 Å². The van der Waals surface area contributed by atoms with Crippen molar-refractivity contribution < 1.29 is 19.4 Å². The number of carbonyl (C=O) groups is 2. The normalized spacial score (nSPS) is 14.7. The van der Waals surface area contributed by atoms with E-state index in [1.165, 1.54) is 11.3 Å². The first-order chi connectivity index (χ1) is 22.6. The van der Waals surface area contributed by atoms with Crippen molar-refractivity contribution in [1.29, 1.82) is 0 Å². The van der Waals surface area contributed by atoms with Crippen LogP contribution in [0.15, 0.2) is 87.8 Å². The lowest BCUT2D eigenvalue weighted by Gasteiger charge is -2.30. The number of carbonyl (C=O) groups excluding carboxylic acids is 1. The number of hydrogen-bond acceptors (Lipinski definition) is 6. The van der Waals surface area contributed by atoms with Crippen LogP contribution in [0.4, 0.5) is 0 Å². The second-order valence-corrected chi connectivity index (χ2v) is 12.5. The number of aryl methyl sites for hydroxylation is 1. The Kier molecular flexibility index (Phi) is 8.46. The largest absolute Gasteiger partial charge is 0.496 e. The zero-order valence-corrected chi connectivity index (χ0v) is 28.0. The molecule has 1 atom stereocenters. The van der Waals surface area contributed by atoms with E-state index in [4.69, 9.17) is 9.73 Å². The zero-order valence-electron chi connectivity index (χ0n) is 27.2. The Morgan fingerprint density at radius 2 is 1.72 bits per heavy atom. The molecule has 1 aliphatic rings. The van der Waals surface area contributed by atoms with Gasteiger partial charge in [0.1, 0.15) is 11.8 Å². The van der Waals surface area contributed by atoms with E-state index < -0.39 is 12.0 Å². The molecule has 6 rings (SSSR count). The van der Waals surface area contributed by atoms with E-state index in [-0.39, 0.29) is 17.0 Å².